The van der Waals surface area contributed by atoms with Crippen LogP contribution < -0.4 is 10.6 Å². The zero-order valence-corrected chi connectivity index (χ0v) is 19.8. The molecule has 0 aliphatic carbocycles. The summed E-state index contributed by atoms with van der Waals surface area (Å²) in [5, 5.41) is 24.2. The second-order valence-corrected chi connectivity index (χ2v) is 9.30. The van der Waals surface area contributed by atoms with E-state index in [4.69, 9.17) is 0 Å². The maximum absolute atomic E-state index is 13.1. The Labute approximate surface area is 200 Å². The molecular formula is C25H32N2O5S. The molecule has 0 radical (unpaired) electrons. The Bertz CT molecular complexity index is 918. The highest BCUT2D eigenvalue weighted by Gasteiger charge is 2.27. The van der Waals surface area contributed by atoms with Crippen LogP contribution in [-0.4, -0.2) is 45.3 Å². The van der Waals surface area contributed by atoms with Gasteiger partial charge in [0.05, 0.1) is 0 Å². The van der Waals surface area contributed by atoms with Gasteiger partial charge in [0.15, 0.2) is 0 Å². The maximum Gasteiger partial charge on any atom is 0.326 e. The maximum atomic E-state index is 13.1. The molecule has 2 rings (SSSR count). The summed E-state index contributed by atoms with van der Waals surface area (Å²) in [6, 6.07) is 13.2. The highest BCUT2D eigenvalue weighted by molar-refractivity contribution is 7.81. The van der Waals surface area contributed by atoms with Gasteiger partial charge in [-0.05, 0) is 35.6 Å². The van der Waals surface area contributed by atoms with Crippen LogP contribution in [0.2, 0.25) is 0 Å². The molecule has 0 aromatic heterocycles. The van der Waals surface area contributed by atoms with Gasteiger partial charge in [0.1, 0.15) is 17.8 Å². The quantitative estimate of drug-likeness (QED) is 0.305. The molecule has 2 aromatic carbocycles. The third-order valence-electron chi connectivity index (χ3n) is 5.09. The summed E-state index contributed by atoms with van der Waals surface area (Å²) in [5.74, 6) is -1.61. The number of hydrogen-bond acceptors (Lipinski definition) is 5. The van der Waals surface area contributed by atoms with Crippen molar-refractivity contribution >= 4 is 30.4 Å². The summed E-state index contributed by atoms with van der Waals surface area (Å²) in [5.41, 5.74) is 1.49. The van der Waals surface area contributed by atoms with Crippen molar-refractivity contribution in [2.45, 2.75) is 56.9 Å². The van der Waals surface area contributed by atoms with E-state index >= 15 is 0 Å². The molecule has 4 N–H and O–H groups in total. The van der Waals surface area contributed by atoms with Crippen molar-refractivity contribution < 1.29 is 24.6 Å². The lowest BCUT2D eigenvalue weighted by molar-refractivity contribution is -0.142. The molecule has 3 atom stereocenters. The van der Waals surface area contributed by atoms with E-state index in [1.165, 1.54) is 12.1 Å². The number of carbonyl (C=O) groups is 3. The number of rotatable bonds is 12. The Balaban J connectivity index is 2.12. The summed E-state index contributed by atoms with van der Waals surface area (Å²) in [6.45, 7) is 4.10. The molecule has 2 amide bonds. The van der Waals surface area contributed by atoms with Crippen molar-refractivity contribution in [2.24, 2.45) is 5.92 Å². The largest absolute Gasteiger partial charge is 0.508 e. The van der Waals surface area contributed by atoms with E-state index in [-0.39, 0.29) is 36.2 Å². The van der Waals surface area contributed by atoms with E-state index in [1.807, 2.05) is 44.2 Å². The first-order valence-electron chi connectivity index (χ1n) is 11.0. The van der Waals surface area contributed by atoms with Crippen LogP contribution in [0.15, 0.2) is 54.6 Å². The van der Waals surface area contributed by atoms with Crippen LogP contribution in [-0.2, 0) is 27.2 Å². The van der Waals surface area contributed by atoms with E-state index in [2.05, 4.69) is 23.3 Å². The first-order chi connectivity index (χ1) is 15.6. The van der Waals surface area contributed by atoms with Crippen LogP contribution in [0, 0.1) is 5.92 Å². The Hall–Kier alpha value is -3.00. The second-order valence-electron chi connectivity index (χ2n) is 8.57. The van der Waals surface area contributed by atoms with Crippen molar-refractivity contribution in [3.8, 4) is 5.75 Å². The Morgan fingerprint density at radius 3 is 2.03 bits per heavy atom. The van der Waals surface area contributed by atoms with Gasteiger partial charge in [-0.3, -0.25) is 9.59 Å². The lowest BCUT2D eigenvalue weighted by Crippen LogP contribution is -2.53. The molecule has 2 aromatic rings. The third kappa shape index (κ3) is 9.57. The van der Waals surface area contributed by atoms with E-state index < -0.39 is 24.0 Å². The van der Waals surface area contributed by atoms with Crippen molar-refractivity contribution in [1.82, 2.24) is 10.6 Å². The van der Waals surface area contributed by atoms with E-state index in [1.54, 1.807) is 12.1 Å². The molecule has 33 heavy (non-hydrogen) atoms. The number of phenolic OH excluding ortho intramolecular Hbond substituents is 1. The first-order valence-corrected chi connectivity index (χ1v) is 11.5. The number of aliphatic carboxylic acids is 1. The predicted octanol–water partition coefficient (Wildman–Crippen LogP) is 2.97. The minimum absolute atomic E-state index is 0.0421. The van der Waals surface area contributed by atoms with Crippen LogP contribution in [0.5, 0.6) is 5.75 Å². The summed E-state index contributed by atoms with van der Waals surface area (Å²) in [4.78, 5) is 37.5. The second kappa shape index (κ2) is 12.9. The van der Waals surface area contributed by atoms with Crippen molar-refractivity contribution in [1.29, 1.82) is 0 Å². The van der Waals surface area contributed by atoms with Gasteiger partial charge in [-0.2, -0.15) is 12.6 Å². The lowest BCUT2D eigenvalue weighted by atomic mass is 10.0. The summed E-state index contributed by atoms with van der Waals surface area (Å²) < 4.78 is 0. The molecule has 0 bridgehead atoms. The first kappa shape index (κ1) is 26.3. The van der Waals surface area contributed by atoms with E-state index in [9.17, 15) is 24.6 Å². The normalized spacial score (nSPS) is 13.7. The van der Waals surface area contributed by atoms with Crippen molar-refractivity contribution in [2.75, 3.05) is 0 Å². The van der Waals surface area contributed by atoms with Crippen molar-refractivity contribution in [3.05, 3.63) is 65.7 Å². The number of carboxylic acids is 1. The molecule has 0 saturated carbocycles. The van der Waals surface area contributed by atoms with Gasteiger partial charge in [0.25, 0.3) is 0 Å². The van der Waals surface area contributed by atoms with Crippen LogP contribution >= 0.6 is 12.6 Å². The fourth-order valence-electron chi connectivity index (χ4n) is 3.49. The standard InChI is InChI=1S/C25H32N2O5S/c1-16(2)12-20(33)15-23(29)26-21(13-17-6-4-3-5-7-17)24(30)27-22(25(31)32)14-18-8-10-19(28)11-9-18/h3-11,16,20-22,28,33H,12-15H2,1-2H3,(H,26,29)(H,27,30)(H,31,32)/t20?,21-,22-/m0/s1. The number of carbonyl (C=O) groups excluding carboxylic acids is 2. The molecular weight excluding hydrogens is 440 g/mol. The highest BCUT2D eigenvalue weighted by atomic mass is 32.1. The number of hydrogen-bond donors (Lipinski definition) is 5. The molecule has 1 unspecified atom stereocenters. The summed E-state index contributed by atoms with van der Waals surface area (Å²) >= 11 is 4.47. The number of thiol groups is 1. The third-order valence-corrected chi connectivity index (χ3v) is 5.48. The fourth-order valence-corrected chi connectivity index (χ4v) is 4.08. The van der Waals surface area contributed by atoms with Gasteiger partial charge >= 0.3 is 5.97 Å². The minimum Gasteiger partial charge on any atom is -0.508 e. The van der Waals surface area contributed by atoms with Crippen molar-refractivity contribution in [3.63, 3.8) is 0 Å². The number of aromatic hydroxyl groups is 1. The zero-order chi connectivity index (χ0) is 24.4. The Kier molecular flexibility index (Phi) is 10.3. The molecule has 0 fully saturated rings. The molecule has 8 heteroatoms. The van der Waals surface area contributed by atoms with Crippen LogP contribution in [0.3, 0.4) is 0 Å². The highest BCUT2D eigenvalue weighted by Crippen LogP contribution is 2.15. The van der Waals surface area contributed by atoms with Gasteiger partial charge in [-0.25, -0.2) is 4.79 Å². The predicted molar refractivity (Wildman–Crippen MR) is 130 cm³/mol. The topological polar surface area (TPSA) is 116 Å². The van der Waals surface area contributed by atoms with Gasteiger partial charge < -0.3 is 20.8 Å². The number of amides is 2. The van der Waals surface area contributed by atoms with Crippen LogP contribution in [0.4, 0.5) is 0 Å². The SMILES string of the molecule is CC(C)CC(S)CC(=O)N[C@@H](Cc1ccccc1)C(=O)N[C@@H](Cc1ccc(O)cc1)C(=O)O. The molecule has 0 aliphatic heterocycles. The number of carboxylic acid groups (broad SMARTS) is 1. The van der Waals surface area contributed by atoms with Crippen LogP contribution in [0.25, 0.3) is 0 Å². The average Bonchev–Trinajstić information content (AvgIpc) is 2.74. The average molecular weight is 473 g/mol. The van der Waals surface area contributed by atoms with Crippen LogP contribution in [0.1, 0.15) is 37.8 Å². The minimum atomic E-state index is -1.19. The van der Waals surface area contributed by atoms with Gasteiger partial charge in [0.2, 0.25) is 11.8 Å². The smallest absolute Gasteiger partial charge is 0.326 e. The van der Waals surface area contributed by atoms with Gasteiger partial charge in [-0.1, -0.05) is 56.3 Å². The monoisotopic (exact) mass is 472 g/mol. The lowest BCUT2D eigenvalue weighted by Gasteiger charge is -2.22. The summed E-state index contributed by atoms with van der Waals surface area (Å²) in [6.07, 6.45) is 1.20. The Morgan fingerprint density at radius 1 is 0.879 bits per heavy atom. The van der Waals surface area contributed by atoms with Gasteiger partial charge in [0, 0.05) is 24.5 Å². The molecule has 0 spiro atoms. The molecule has 0 heterocycles. The summed E-state index contributed by atoms with van der Waals surface area (Å²) in [7, 11) is 0. The van der Waals surface area contributed by atoms with Gasteiger partial charge in [-0.15, -0.1) is 0 Å². The molecule has 178 valence electrons. The number of phenols is 1. The zero-order valence-electron chi connectivity index (χ0n) is 18.9. The number of benzene rings is 2. The van der Waals surface area contributed by atoms with E-state index in [0.717, 1.165) is 12.0 Å². The molecule has 0 aliphatic rings. The number of nitrogens with one attached hydrogen (secondary N) is 2. The van der Waals surface area contributed by atoms with E-state index in [0.29, 0.717) is 11.5 Å². The Morgan fingerprint density at radius 2 is 1.45 bits per heavy atom. The molecule has 7 nitrogen and oxygen atoms in total. The molecule has 0 saturated heterocycles. The fraction of sp³-hybridized carbons (Fsp3) is 0.400.